The zero-order valence-electron chi connectivity index (χ0n) is 31.9. The number of carbonyl (C=O) groups is 6. The van der Waals surface area contributed by atoms with E-state index < -0.39 is 47.2 Å². The van der Waals surface area contributed by atoms with E-state index in [1.165, 1.54) is 6.08 Å². The lowest BCUT2D eigenvalue weighted by Gasteiger charge is -2.43. The highest BCUT2D eigenvalue weighted by Gasteiger charge is 2.85. The van der Waals surface area contributed by atoms with E-state index in [0.29, 0.717) is 43.8 Å². The Bertz CT molecular complexity index is 1510. The van der Waals surface area contributed by atoms with Crippen molar-refractivity contribution in [3.05, 3.63) is 12.7 Å². The van der Waals surface area contributed by atoms with E-state index in [9.17, 15) is 24.0 Å². The number of hydrogen-bond acceptors (Lipinski definition) is 6. The van der Waals surface area contributed by atoms with E-state index in [0.717, 1.165) is 64.2 Å². The summed E-state index contributed by atoms with van der Waals surface area (Å²) >= 11 is 0. The zero-order chi connectivity index (χ0) is 38.1. The first-order valence-corrected chi connectivity index (χ1v) is 20.2. The van der Waals surface area contributed by atoms with Crippen LogP contribution >= 0.6 is 0 Å². The Hall–Kier alpha value is -3.88. The molecule has 3 unspecified atom stereocenters. The molecule has 6 amide bonds. The number of urea groups is 1. The van der Waals surface area contributed by atoms with Crippen LogP contribution < -0.4 is 21.3 Å². The highest BCUT2D eigenvalue weighted by atomic mass is 16.2. The van der Waals surface area contributed by atoms with E-state index in [1.807, 2.05) is 4.90 Å². The second-order valence-corrected chi connectivity index (χ2v) is 17.2. The van der Waals surface area contributed by atoms with Gasteiger partial charge in [0.05, 0.1) is 12.1 Å². The van der Waals surface area contributed by atoms with Gasteiger partial charge in [-0.3, -0.25) is 24.0 Å². The Morgan fingerprint density at radius 1 is 1.00 bits per heavy atom. The molecule has 2 aliphatic heterocycles. The minimum absolute atomic E-state index is 0.0329. The Kier molecular flexibility index (Phi) is 11.6. The van der Waals surface area contributed by atoms with E-state index in [4.69, 9.17) is 6.42 Å². The van der Waals surface area contributed by atoms with E-state index in [1.54, 1.807) is 4.90 Å². The van der Waals surface area contributed by atoms with Gasteiger partial charge in [0.15, 0.2) is 0 Å². The number of hydrogen-bond donors (Lipinski definition) is 4. The fraction of sp³-hybridized carbons (Fsp3) is 0.756. The molecule has 6 rings (SSSR count). The lowest BCUT2D eigenvalue weighted by molar-refractivity contribution is -0.145. The SMILES string of the molecule is C#CCCC(NC(=O)[C@@H]1[C@H]2CCC[C@H]2CN1C(=O)[C@@H](NC(=O)N[C@H](CN1CCCCC1=O)C12C(C)C1C2C)C1(C)CCCCC1)C(=O)C(=O)NCC=C. The molecule has 4 N–H and O–H groups in total. The fourth-order valence-electron chi connectivity index (χ4n) is 11.2. The first-order chi connectivity index (χ1) is 25.4. The molecule has 0 aromatic heterocycles. The average Bonchev–Trinajstić information content (AvgIpc) is 3.78. The summed E-state index contributed by atoms with van der Waals surface area (Å²) in [5.41, 5.74) is -0.562. The number of rotatable bonds is 15. The van der Waals surface area contributed by atoms with Crippen molar-refractivity contribution in [3.8, 4) is 12.3 Å². The number of Topliss-reactive ketones (excluding diaryl/α,β-unsaturated/α-hetero) is 1. The Morgan fingerprint density at radius 2 is 1.74 bits per heavy atom. The third kappa shape index (κ3) is 7.46. The van der Waals surface area contributed by atoms with Crippen LogP contribution in [0.5, 0.6) is 0 Å². The van der Waals surface area contributed by atoms with Crippen LogP contribution in [0.1, 0.15) is 104 Å². The van der Waals surface area contributed by atoms with Gasteiger partial charge in [-0.2, -0.15) is 0 Å². The first kappa shape index (κ1) is 38.8. The fourth-order valence-corrected chi connectivity index (χ4v) is 11.2. The topological polar surface area (TPSA) is 157 Å². The average molecular weight is 733 g/mol. The molecule has 0 radical (unpaired) electrons. The van der Waals surface area contributed by atoms with Crippen LogP contribution in [0.3, 0.4) is 0 Å². The summed E-state index contributed by atoms with van der Waals surface area (Å²) in [4.78, 5) is 85.7. The summed E-state index contributed by atoms with van der Waals surface area (Å²) in [6.45, 7) is 11.7. The van der Waals surface area contributed by atoms with Crippen LogP contribution in [-0.4, -0.2) is 95.6 Å². The molecule has 12 nitrogen and oxygen atoms in total. The molecule has 0 aromatic rings. The van der Waals surface area contributed by atoms with E-state index in [-0.39, 0.29) is 54.5 Å². The van der Waals surface area contributed by atoms with Crippen LogP contribution in [0, 0.1) is 52.8 Å². The first-order valence-electron chi connectivity index (χ1n) is 20.2. The largest absolute Gasteiger partial charge is 0.346 e. The van der Waals surface area contributed by atoms with E-state index in [2.05, 4.69) is 54.5 Å². The quantitative estimate of drug-likeness (QED) is 0.115. The van der Waals surface area contributed by atoms with Crippen molar-refractivity contribution in [3.63, 3.8) is 0 Å². The van der Waals surface area contributed by atoms with Gasteiger partial charge in [-0.05, 0) is 80.0 Å². The van der Waals surface area contributed by atoms with E-state index >= 15 is 4.79 Å². The van der Waals surface area contributed by atoms with Crippen molar-refractivity contribution >= 4 is 35.4 Å². The summed E-state index contributed by atoms with van der Waals surface area (Å²) in [6.07, 6.45) is 16.6. The van der Waals surface area contributed by atoms with Gasteiger partial charge in [0.2, 0.25) is 23.5 Å². The van der Waals surface area contributed by atoms with Gasteiger partial charge in [-0.25, -0.2) is 4.79 Å². The molecule has 12 heteroatoms. The molecular formula is C41H60N6O6. The van der Waals surface area contributed by atoms with Gasteiger partial charge in [0.25, 0.3) is 5.91 Å². The minimum Gasteiger partial charge on any atom is -0.346 e. The van der Waals surface area contributed by atoms with Crippen LogP contribution in [0.25, 0.3) is 0 Å². The molecule has 0 aromatic carbocycles. The van der Waals surface area contributed by atoms with Gasteiger partial charge in [0, 0.05) is 44.4 Å². The standard InChI is InChI=1S/C41H60N6O6/c1-6-8-17-29(34(49)37(51)42-21-7-2)43-36(50)33-28-16-14-15-27(28)23-47(33)38(52)35(40(5)19-11-9-12-20-40)45-39(53)44-30(41-25(3)32(41)26(41)4)24-46-22-13-10-18-31(46)48/h1,7,25-30,32-33,35H,2,8-24H2,3-5H3,(H,42,51)(H,43,50)(H2,44,45,53)/t25?,26?,27-,28-,29?,30+,32?,33-,35+,41?/m0/s1. The number of amides is 6. The number of nitrogens with zero attached hydrogens (tertiary/aromatic N) is 2. The monoisotopic (exact) mass is 732 g/mol. The maximum Gasteiger partial charge on any atom is 0.315 e. The molecule has 0 bridgehead atoms. The molecule has 53 heavy (non-hydrogen) atoms. The molecule has 0 spiro atoms. The van der Waals surface area contributed by atoms with Crippen LogP contribution in [-0.2, 0) is 24.0 Å². The van der Waals surface area contributed by atoms with Crippen molar-refractivity contribution in [2.75, 3.05) is 26.2 Å². The smallest absolute Gasteiger partial charge is 0.315 e. The third-order valence-electron chi connectivity index (χ3n) is 14.2. The summed E-state index contributed by atoms with van der Waals surface area (Å²) in [5, 5.41) is 11.8. The number of terminal acetylenes is 1. The molecule has 4 aliphatic carbocycles. The Labute approximate surface area is 314 Å². The number of ketones is 1. The van der Waals surface area contributed by atoms with Gasteiger partial charge in [-0.15, -0.1) is 18.9 Å². The van der Waals surface area contributed by atoms with Crippen molar-refractivity contribution in [1.82, 2.24) is 31.1 Å². The van der Waals surface area contributed by atoms with Gasteiger partial charge in [-0.1, -0.05) is 52.5 Å². The highest BCUT2D eigenvalue weighted by Crippen LogP contribution is 2.85. The molecule has 2 saturated heterocycles. The second kappa shape index (κ2) is 15.8. The van der Waals surface area contributed by atoms with Crippen molar-refractivity contribution < 1.29 is 28.8 Å². The minimum atomic E-state index is -1.14. The number of likely N-dealkylation sites (tertiary alicyclic amines) is 2. The summed E-state index contributed by atoms with van der Waals surface area (Å²) in [6, 6.07) is -3.50. The zero-order valence-corrected chi connectivity index (χ0v) is 31.9. The predicted molar refractivity (Wildman–Crippen MR) is 200 cm³/mol. The van der Waals surface area contributed by atoms with Crippen molar-refractivity contribution in [1.29, 1.82) is 0 Å². The molecule has 290 valence electrons. The van der Waals surface area contributed by atoms with Gasteiger partial charge >= 0.3 is 6.03 Å². The number of carbonyl (C=O) groups excluding carboxylic acids is 6. The second-order valence-electron chi connectivity index (χ2n) is 17.2. The Morgan fingerprint density at radius 3 is 2.38 bits per heavy atom. The number of piperidine rings is 1. The van der Waals surface area contributed by atoms with Crippen molar-refractivity contribution in [2.45, 2.75) is 128 Å². The lowest BCUT2D eigenvalue weighted by Crippen LogP contribution is -2.63. The third-order valence-corrected chi connectivity index (χ3v) is 14.2. The van der Waals surface area contributed by atoms with Gasteiger partial charge in [0.1, 0.15) is 12.1 Å². The number of fused-ring (bicyclic) bond motifs is 2. The van der Waals surface area contributed by atoms with Crippen LogP contribution in [0.15, 0.2) is 12.7 Å². The van der Waals surface area contributed by atoms with Crippen LogP contribution in [0.2, 0.25) is 0 Å². The van der Waals surface area contributed by atoms with Crippen molar-refractivity contribution in [2.24, 2.45) is 40.4 Å². The number of nitrogens with one attached hydrogen (secondary N) is 4. The maximum atomic E-state index is 15.0. The summed E-state index contributed by atoms with van der Waals surface area (Å²) < 4.78 is 0. The summed E-state index contributed by atoms with van der Waals surface area (Å²) in [7, 11) is 0. The lowest BCUT2D eigenvalue weighted by atomic mass is 9.70. The predicted octanol–water partition coefficient (Wildman–Crippen LogP) is 3.30. The molecule has 6 fully saturated rings. The molecular weight excluding hydrogens is 672 g/mol. The van der Waals surface area contributed by atoms with Crippen LogP contribution in [0.4, 0.5) is 4.79 Å². The highest BCUT2D eigenvalue weighted by molar-refractivity contribution is 6.38. The molecule has 4 saturated carbocycles. The Balaban J connectivity index is 1.23. The molecule has 2 heterocycles. The normalized spacial score (nSPS) is 32.5. The maximum absolute atomic E-state index is 15.0. The van der Waals surface area contributed by atoms with Gasteiger partial charge < -0.3 is 31.1 Å². The summed E-state index contributed by atoms with van der Waals surface area (Å²) in [5.74, 6) is 1.71. The molecule has 6 aliphatic rings. The molecule has 8 atom stereocenters.